The van der Waals surface area contributed by atoms with Crippen LogP contribution in [-0.2, 0) is 10.3 Å². The van der Waals surface area contributed by atoms with Crippen LogP contribution in [0.1, 0.15) is 37.0 Å². The number of nitrogens with one attached hydrogen (secondary N) is 1. The summed E-state index contributed by atoms with van der Waals surface area (Å²) >= 11 is 3.53. The second-order valence-corrected chi connectivity index (χ2v) is 7.18. The summed E-state index contributed by atoms with van der Waals surface area (Å²) in [6, 6.07) is 3.60. The molecular formula is C19H25BrN2O5. The first kappa shape index (κ1) is 21.1. The van der Waals surface area contributed by atoms with E-state index in [2.05, 4.69) is 20.9 Å². The number of esters is 1. The minimum Gasteiger partial charge on any atom is -0.493 e. The highest BCUT2D eigenvalue weighted by Gasteiger charge is 2.31. The van der Waals surface area contributed by atoms with Crippen LogP contribution in [0.5, 0.6) is 17.2 Å². The standard InChI is InChI=1S/C19H25BrN2O5/c1-7-27-18(23)14-13(20)12(17(22-14)19(2,3)21)10-8-9-11(24-4)16(26-6)15(10)25-5/h8-9,22H,7,21H2,1-6H3. The molecule has 0 spiro atoms. The van der Waals surface area contributed by atoms with Crippen LogP contribution in [0.4, 0.5) is 0 Å². The summed E-state index contributed by atoms with van der Waals surface area (Å²) in [6.45, 7) is 5.70. The summed E-state index contributed by atoms with van der Waals surface area (Å²) in [5.41, 5.74) is 7.94. The SMILES string of the molecule is CCOC(=O)c1[nH]c(C(C)(C)N)c(-c2ccc(OC)c(OC)c2OC)c1Br. The molecular weight excluding hydrogens is 416 g/mol. The largest absolute Gasteiger partial charge is 0.493 e. The van der Waals surface area contributed by atoms with Gasteiger partial charge in [-0.3, -0.25) is 0 Å². The number of hydrogen-bond acceptors (Lipinski definition) is 6. The number of carbonyl (C=O) groups excluding carboxylic acids is 1. The monoisotopic (exact) mass is 440 g/mol. The van der Waals surface area contributed by atoms with Crippen LogP contribution in [0.25, 0.3) is 11.1 Å². The number of methoxy groups -OCH3 is 3. The maximum Gasteiger partial charge on any atom is 0.355 e. The fourth-order valence-electron chi connectivity index (χ4n) is 2.86. The molecule has 3 N–H and O–H groups in total. The second kappa shape index (κ2) is 8.22. The van der Waals surface area contributed by atoms with E-state index in [-0.39, 0.29) is 12.3 Å². The molecule has 1 heterocycles. The summed E-state index contributed by atoms with van der Waals surface area (Å²) in [7, 11) is 4.63. The third-order valence-electron chi connectivity index (χ3n) is 4.04. The van der Waals surface area contributed by atoms with Crippen molar-refractivity contribution in [3.05, 3.63) is 28.0 Å². The van der Waals surface area contributed by atoms with Gasteiger partial charge in [-0.15, -0.1) is 0 Å². The predicted octanol–water partition coefficient (Wildman–Crippen LogP) is 3.84. The number of benzene rings is 1. The van der Waals surface area contributed by atoms with E-state index in [4.69, 9.17) is 24.7 Å². The van der Waals surface area contributed by atoms with Crippen molar-refractivity contribution in [1.82, 2.24) is 4.98 Å². The zero-order valence-corrected chi connectivity index (χ0v) is 17.9. The first-order valence-corrected chi connectivity index (χ1v) is 9.17. The summed E-state index contributed by atoms with van der Waals surface area (Å²) in [5, 5.41) is 0. The highest BCUT2D eigenvalue weighted by molar-refractivity contribution is 9.10. The molecule has 2 rings (SSSR count). The number of hydrogen-bond donors (Lipinski definition) is 2. The Morgan fingerprint density at radius 3 is 2.26 bits per heavy atom. The third-order valence-corrected chi connectivity index (χ3v) is 4.83. The molecule has 0 aliphatic rings. The Balaban J connectivity index is 2.84. The van der Waals surface area contributed by atoms with Crippen molar-refractivity contribution < 1.29 is 23.7 Å². The van der Waals surface area contributed by atoms with Crippen LogP contribution in [0.15, 0.2) is 16.6 Å². The van der Waals surface area contributed by atoms with Crippen LogP contribution in [0.3, 0.4) is 0 Å². The fourth-order valence-corrected chi connectivity index (χ4v) is 3.53. The van der Waals surface area contributed by atoms with Crippen LogP contribution in [0.2, 0.25) is 0 Å². The number of rotatable bonds is 7. The average molecular weight is 441 g/mol. The van der Waals surface area contributed by atoms with Gasteiger partial charge in [-0.2, -0.15) is 0 Å². The molecule has 0 aliphatic heterocycles. The Morgan fingerprint density at radius 2 is 1.78 bits per heavy atom. The fraction of sp³-hybridized carbons (Fsp3) is 0.421. The van der Waals surface area contributed by atoms with E-state index >= 15 is 0 Å². The van der Waals surface area contributed by atoms with Gasteiger partial charge in [0.1, 0.15) is 5.69 Å². The summed E-state index contributed by atoms with van der Waals surface area (Å²) in [4.78, 5) is 15.5. The molecule has 27 heavy (non-hydrogen) atoms. The van der Waals surface area contributed by atoms with Gasteiger partial charge in [0.15, 0.2) is 11.5 Å². The molecule has 0 saturated heterocycles. The summed E-state index contributed by atoms with van der Waals surface area (Å²) in [6.07, 6.45) is 0. The molecule has 7 nitrogen and oxygen atoms in total. The number of aromatic nitrogens is 1. The third kappa shape index (κ3) is 3.91. The average Bonchev–Trinajstić information content (AvgIpc) is 2.97. The molecule has 0 fully saturated rings. The van der Waals surface area contributed by atoms with Gasteiger partial charge in [0, 0.05) is 16.8 Å². The van der Waals surface area contributed by atoms with E-state index in [0.29, 0.717) is 38.5 Å². The van der Waals surface area contributed by atoms with Crippen molar-refractivity contribution in [2.75, 3.05) is 27.9 Å². The van der Waals surface area contributed by atoms with E-state index < -0.39 is 11.5 Å². The number of H-pyrrole nitrogens is 1. The van der Waals surface area contributed by atoms with Crippen molar-refractivity contribution in [1.29, 1.82) is 0 Å². The highest BCUT2D eigenvalue weighted by Crippen LogP contribution is 2.49. The zero-order valence-electron chi connectivity index (χ0n) is 16.4. The Bertz CT molecular complexity index is 840. The topological polar surface area (TPSA) is 95.8 Å². The Morgan fingerprint density at radius 1 is 1.15 bits per heavy atom. The van der Waals surface area contributed by atoms with E-state index in [1.165, 1.54) is 7.11 Å². The maximum atomic E-state index is 12.4. The van der Waals surface area contributed by atoms with Crippen molar-refractivity contribution in [3.8, 4) is 28.4 Å². The molecule has 1 aromatic heterocycles. The Labute approximate surface area is 167 Å². The van der Waals surface area contributed by atoms with Crippen LogP contribution < -0.4 is 19.9 Å². The Hall–Kier alpha value is -2.19. The molecule has 1 aromatic carbocycles. The van der Waals surface area contributed by atoms with Gasteiger partial charge in [-0.25, -0.2) is 4.79 Å². The lowest BCUT2D eigenvalue weighted by Gasteiger charge is -2.22. The lowest BCUT2D eigenvalue weighted by atomic mass is 9.93. The number of aromatic amines is 1. The van der Waals surface area contributed by atoms with Gasteiger partial charge in [0.05, 0.1) is 37.9 Å². The van der Waals surface area contributed by atoms with Gasteiger partial charge >= 0.3 is 5.97 Å². The number of carbonyl (C=O) groups is 1. The second-order valence-electron chi connectivity index (χ2n) is 6.39. The van der Waals surface area contributed by atoms with Crippen LogP contribution in [-0.4, -0.2) is 38.9 Å². The molecule has 0 amide bonds. The van der Waals surface area contributed by atoms with Crippen molar-refractivity contribution in [2.24, 2.45) is 5.73 Å². The van der Waals surface area contributed by atoms with Gasteiger partial charge in [-0.1, -0.05) is 0 Å². The summed E-state index contributed by atoms with van der Waals surface area (Å²) < 4.78 is 22.1. The van der Waals surface area contributed by atoms with Gasteiger partial charge in [-0.05, 0) is 48.8 Å². The molecule has 0 atom stereocenters. The van der Waals surface area contributed by atoms with E-state index in [9.17, 15) is 4.79 Å². The lowest BCUT2D eigenvalue weighted by molar-refractivity contribution is 0.0519. The van der Waals surface area contributed by atoms with Crippen molar-refractivity contribution >= 4 is 21.9 Å². The lowest BCUT2D eigenvalue weighted by Crippen LogP contribution is -2.30. The quantitative estimate of drug-likeness (QED) is 0.634. The highest BCUT2D eigenvalue weighted by atomic mass is 79.9. The first-order chi connectivity index (χ1) is 12.7. The first-order valence-electron chi connectivity index (χ1n) is 8.38. The maximum absolute atomic E-state index is 12.4. The van der Waals surface area contributed by atoms with Gasteiger partial charge in [0.2, 0.25) is 5.75 Å². The molecule has 0 saturated carbocycles. The van der Waals surface area contributed by atoms with E-state index in [1.807, 2.05) is 19.9 Å². The van der Waals surface area contributed by atoms with E-state index in [0.717, 1.165) is 0 Å². The normalized spacial score (nSPS) is 11.3. The minimum absolute atomic E-state index is 0.265. The van der Waals surface area contributed by atoms with Crippen molar-refractivity contribution in [3.63, 3.8) is 0 Å². The molecule has 0 unspecified atom stereocenters. The summed E-state index contributed by atoms with van der Waals surface area (Å²) in [5.74, 6) is 0.978. The van der Waals surface area contributed by atoms with Crippen molar-refractivity contribution in [2.45, 2.75) is 26.3 Å². The number of nitrogens with two attached hydrogens (primary N) is 1. The Kier molecular flexibility index (Phi) is 6.43. The van der Waals surface area contributed by atoms with Crippen LogP contribution >= 0.6 is 15.9 Å². The molecule has 2 aromatic rings. The van der Waals surface area contributed by atoms with Gasteiger partial charge < -0.3 is 29.7 Å². The molecule has 148 valence electrons. The molecule has 0 bridgehead atoms. The number of halogens is 1. The zero-order chi connectivity index (χ0) is 20.4. The van der Waals surface area contributed by atoms with Crippen LogP contribution in [0, 0.1) is 0 Å². The molecule has 0 aliphatic carbocycles. The predicted molar refractivity (Wildman–Crippen MR) is 107 cm³/mol. The van der Waals surface area contributed by atoms with Gasteiger partial charge in [0.25, 0.3) is 0 Å². The number of ether oxygens (including phenoxy) is 4. The minimum atomic E-state index is -0.763. The van der Waals surface area contributed by atoms with E-state index in [1.54, 1.807) is 27.2 Å². The molecule has 0 radical (unpaired) electrons. The smallest absolute Gasteiger partial charge is 0.355 e. The molecule has 8 heteroatoms.